The third-order valence-corrected chi connectivity index (χ3v) is 3.37. The van der Waals surface area contributed by atoms with Crippen LogP contribution in [0.25, 0.3) is 0 Å². The lowest BCUT2D eigenvalue weighted by Gasteiger charge is -2.10. The molecule has 0 fully saturated rings. The minimum atomic E-state index is -0.217. The Labute approximate surface area is 131 Å². The molecule has 0 aromatic heterocycles. The van der Waals surface area contributed by atoms with E-state index in [0.717, 1.165) is 15.7 Å². The summed E-state index contributed by atoms with van der Waals surface area (Å²) in [5, 5.41) is 3.38. The zero-order valence-electron chi connectivity index (χ0n) is 10.8. The third kappa shape index (κ3) is 4.25. The molecule has 0 saturated heterocycles. The van der Waals surface area contributed by atoms with E-state index in [1.807, 2.05) is 25.1 Å². The fourth-order valence-electron chi connectivity index (χ4n) is 1.62. The highest BCUT2D eigenvalue weighted by Crippen LogP contribution is 2.21. The van der Waals surface area contributed by atoms with Crippen molar-refractivity contribution >= 4 is 39.1 Å². The number of aryl methyl sites for hydroxylation is 1. The number of halogens is 2. The highest BCUT2D eigenvalue weighted by atomic mass is 79.9. The smallest absolute Gasteiger partial charge is 0.262 e. The van der Waals surface area contributed by atoms with Gasteiger partial charge in [0.15, 0.2) is 6.61 Å². The number of nitrogens with one attached hydrogen (secondary N) is 1. The molecule has 3 nitrogen and oxygen atoms in total. The molecule has 2 aromatic rings. The van der Waals surface area contributed by atoms with Crippen LogP contribution in [0.2, 0.25) is 5.02 Å². The first kappa shape index (κ1) is 14.9. The van der Waals surface area contributed by atoms with Crippen LogP contribution in [0.15, 0.2) is 46.9 Å². The minimum absolute atomic E-state index is 0.0632. The number of carbonyl (C=O) groups excluding carboxylic acids is 1. The predicted octanol–water partition coefficient (Wildman–Crippen LogP) is 4.43. The fraction of sp³-hybridized carbons (Fsp3) is 0.133. The van der Waals surface area contributed by atoms with Crippen molar-refractivity contribution in [3.05, 3.63) is 57.5 Å². The maximum Gasteiger partial charge on any atom is 0.262 e. The van der Waals surface area contributed by atoms with Crippen molar-refractivity contribution in [2.45, 2.75) is 6.92 Å². The van der Waals surface area contributed by atoms with Crippen molar-refractivity contribution in [3.8, 4) is 5.75 Å². The van der Waals surface area contributed by atoms with Crippen LogP contribution in [0.5, 0.6) is 5.75 Å². The Bertz CT molecular complexity index is 631. The summed E-state index contributed by atoms with van der Waals surface area (Å²) in [6.45, 7) is 1.87. The summed E-state index contributed by atoms with van der Waals surface area (Å²) in [7, 11) is 0. The summed E-state index contributed by atoms with van der Waals surface area (Å²) >= 11 is 9.22. The van der Waals surface area contributed by atoms with Gasteiger partial charge in [0.25, 0.3) is 5.91 Å². The van der Waals surface area contributed by atoms with Crippen LogP contribution in [0.1, 0.15) is 5.56 Å². The van der Waals surface area contributed by atoms with E-state index in [4.69, 9.17) is 16.3 Å². The summed E-state index contributed by atoms with van der Waals surface area (Å²) in [5.41, 5.74) is 1.75. The molecule has 1 N–H and O–H groups in total. The van der Waals surface area contributed by atoms with E-state index in [0.29, 0.717) is 10.8 Å². The van der Waals surface area contributed by atoms with Crippen molar-refractivity contribution < 1.29 is 9.53 Å². The van der Waals surface area contributed by atoms with Crippen LogP contribution in [0.3, 0.4) is 0 Å². The number of benzene rings is 2. The van der Waals surface area contributed by atoms with Crippen molar-refractivity contribution in [2.24, 2.45) is 0 Å². The summed E-state index contributed by atoms with van der Waals surface area (Å²) < 4.78 is 6.29. The molecule has 20 heavy (non-hydrogen) atoms. The molecule has 1 amide bonds. The van der Waals surface area contributed by atoms with Gasteiger partial charge in [0.05, 0.1) is 0 Å². The van der Waals surface area contributed by atoms with E-state index in [-0.39, 0.29) is 12.5 Å². The molecule has 0 aliphatic rings. The molecule has 0 heterocycles. The second-order valence-corrected chi connectivity index (χ2v) is 5.61. The summed E-state index contributed by atoms with van der Waals surface area (Å²) in [4.78, 5) is 11.8. The van der Waals surface area contributed by atoms with Gasteiger partial charge in [0.2, 0.25) is 0 Å². The van der Waals surface area contributed by atoms with Crippen LogP contribution in [-0.4, -0.2) is 12.5 Å². The largest absolute Gasteiger partial charge is 0.484 e. The van der Waals surface area contributed by atoms with E-state index in [2.05, 4.69) is 21.2 Å². The first-order valence-corrected chi connectivity index (χ1v) is 7.16. The van der Waals surface area contributed by atoms with E-state index >= 15 is 0 Å². The monoisotopic (exact) mass is 353 g/mol. The Kier molecular flexibility index (Phi) is 5.04. The van der Waals surface area contributed by atoms with Crippen molar-refractivity contribution in [3.63, 3.8) is 0 Å². The molecule has 2 aromatic carbocycles. The SMILES string of the molecule is Cc1ccc(Br)cc1NC(=O)COc1cccc(Cl)c1. The molecule has 0 saturated carbocycles. The summed E-state index contributed by atoms with van der Waals surface area (Å²) in [5.74, 6) is 0.352. The highest BCUT2D eigenvalue weighted by molar-refractivity contribution is 9.10. The summed E-state index contributed by atoms with van der Waals surface area (Å²) in [6.07, 6.45) is 0. The maximum absolute atomic E-state index is 11.8. The minimum Gasteiger partial charge on any atom is -0.484 e. The molecule has 0 spiro atoms. The molecule has 5 heteroatoms. The average molecular weight is 355 g/mol. The average Bonchev–Trinajstić information content (AvgIpc) is 2.41. The van der Waals surface area contributed by atoms with Crippen molar-refractivity contribution in [2.75, 3.05) is 11.9 Å². The molecule has 2 rings (SSSR count). The zero-order chi connectivity index (χ0) is 14.5. The number of anilines is 1. The van der Waals surface area contributed by atoms with Gasteiger partial charge in [0, 0.05) is 15.2 Å². The van der Waals surface area contributed by atoms with Gasteiger partial charge in [-0.1, -0.05) is 39.7 Å². The third-order valence-electron chi connectivity index (χ3n) is 2.64. The van der Waals surface area contributed by atoms with Crippen LogP contribution in [-0.2, 0) is 4.79 Å². The van der Waals surface area contributed by atoms with Gasteiger partial charge in [-0.2, -0.15) is 0 Å². The van der Waals surface area contributed by atoms with E-state index in [1.54, 1.807) is 24.3 Å². The van der Waals surface area contributed by atoms with Gasteiger partial charge in [-0.05, 0) is 42.8 Å². The standard InChI is InChI=1S/C15H13BrClNO2/c1-10-5-6-11(16)7-14(10)18-15(19)9-20-13-4-2-3-12(17)8-13/h2-8H,9H2,1H3,(H,18,19). The lowest BCUT2D eigenvalue weighted by Crippen LogP contribution is -2.20. The highest BCUT2D eigenvalue weighted by Gasteiger charge is 2.06. The molecule has 0 bridgehead atoms. The Morgan fingerprint density at radius 2 is 2.10 bits per heavy atom. The number of carbonyl (C=O) groups is 1. The zero-order valence-corrected chi connectivity index (χ0v) is 13.2. The fourth-order valence-corrected chi connectivity index (χ4v) is 2.16. The molecule has 0 aliphatic heterocycles. The predicted molar refractivity (Wildman–Crippen MR) is 84.5 cm³/mol. The second kappa shape index (κ2) is 6.77. The van der Waals surface area contributed by atoms with Crippen LogP contribution >= 0.6 is 27.5 Å². The quantitative estimate of drug-likeness (QED) is 0.882. The lowest BCUT2D eigenvalue weighted by molar-refractivity contribution is -0.118. The van der Waals surface area contributed by atoms with Gasteiger partial charge in [-0.3, -0.25) is 4.79 Å². The van der Waals surface area contributed by atoms with Gasteiger partial charge in [0.1, 0.15) is 5.75 Å². The van der Waals surface area contributed by atoms with E-state index < -0.39 is 0 Å². The number of rotatable bonds is 4. The molecular weight excluding hydrogens is 342 g/mol. The molecule has 104 valence electrons. The molecule has 0 unspecified atom stereocenters. The first-order chi connectivity index (χ1) is 9.54. The maximum atomic E-state index is 11.8. The van der Waals surface area contributed by atoms with Crippen LogP contribution < -0.4 is 10.1 Å². The number of hydrogen-bond acceptors (Lipinski definition) is 2. The van der Waals surface area contributed by atoms with Gasteiger partial charge in [-0.15, -0.1) is 0 Å². The number of ether oxygens (including phenoxy) is 1. The first-order valence-electron chi connectivity index (χ1n) is 5.99. The Balaban J connectivity index is 1.94. The van der Waals surface area contributed by atoms with E-state index in [9.17, 15) is 4.79 Å². The van der Waals surface area contributed by atoms with Gasteiger partial charge >= 0.3 is 0 Å². The van der Waals surface area contributed by atoms with Crippen LogP contribution in [0.4, 0.5) is 5.69 Å². The molecule has 0 radical (unpaired) electrons. The van der Waals surface area contributed by atoms with Gasteiger partial charge < -0.3 is 10.1 Å². The lowest BCUT2D eigenvalue weighted by atomic mass is 10.2. The topological polar surface area (TPSA) is 38.3 Å². The molecule has 0 aliphatic carbocycles. The van der Waals surface area contributed by atoms with Crippen LogP contribution in [0, 0.1) is 6.92 Å². The van der Waals surface area contributed by atoms with Crippen molar-refractivity contribution in [1.29, 1.82) is 0 Å². The second-order valence-electron chi connectivity index (χ2n) is 4.25. The van der Waals surface area contributed by atoms with Gasteiger partial charge in [-0.25, -0.2) is 0 Å². The molecule has 0 atom stereocenters. The summed E-state index contributed by atoms with van der Waals surface area (Å²) in [6, 6.07) is 12.6. The Morgan fingerprint density at radius 1 is 1.30 bits per heavy atom. The molecular formula is C15H13BrClNO2. The Morgan fingerprint density at radius 3 is 2.85 bits per heavy atom. The van der Waals surface area contributed by atoms with E-state index in [1.165, 1.54) is 0 Å². The number of amides is 1. The normalized spacial score (nSPS) is 10.2. The number of hydrogen-bond donors (Lipinski definition) is 1. The Hall–Kier alpha value is -1.52. The van der Waals surface area contributed by atoms with Crippen molar-refractivity contribution in [1.82, 2.24) is 0 Å².